The van der Waals surface area contributed by atoms with Crippen LogP contribution in [0.15, 0.2) is 0 Å². The van der Waals surface area contributed by atoms with E-state index in [9.17, 15) is 26.7 Å². The molecule has 0 radical (unpaired) electrons. The number of benzene rings is 1. The molecule has 0 atom stereocenters. The van der Waals surface area contributed by atoms with Crippen LogP contribution < -0.4 is 0 Å². The minimum atomic E-state index is -2.33. The maximum absolute atomic E-state index is 13.3. The first-order valence-electron chi connectivity index (χ1n) is 5.36. The van der Waals surface area contributed by atoms with Gasteiger partial charge in [-0.1, -0.05) is 0 Å². The van der Waals surface area contributed by atoms with Gasteiger partial charge in [-0.3, -0.25) is 0 Å². The van der Waals surface area contributed by atoms with E-state index in [4.69, 9.17) is 4.43 Å². The van der Waals surface area contributed by atoms with Crippen LogP contribution in [-0.4, -0.2) is 28.7 Å². The fourth-order valence-corrected chi connectivity index (χ4v) is 1.27. The number of carbonyl (C=O) groups is 1. The van der Waals surface area contributed by atoms with Crippen molar-refractivity contribution < 1.29 is 35.9 Å². The molecule has 1 rings (SSSR count). The summed E-state index contributed by atoms with van der Waals surface area (Å²) in [6.07, 6.45) is 0. The van der Waals surface area contributed by atoms with Crippen LogP contribution in [0.1, 0.15) is 24.2 Å². The standard InChI is InChI=1S/C11H11F5O3Si/c1-11(2,19-20)3-18-10(17)4-5(12)7(14)9(16)8(15)6(4)13/h3H2,1-2,20H3. The van der Waals surface area contributed by atoms with Crippen LogP contribution in [0.3, 0.4) is 0 Å². The molecule has 0 N–H and O–H groups in total. The number of halogens is 5. The largest absolute Gasteiger partial charge is 0.459 e. The van der Waals surface area contributed by atoms with E-state index in [2.05, 4.69) is 4.74 Å². The minimum Gasteiger partial charge on any atom is -0.459 e. The lowest BCUT2D eigenvalue weighted by Gasteiger charge is -2.23. The van der Waals surface area contributed by atoms with Crippen molar-refractivity contribution in [1.82, 2.24) is 0 Å². The monoisotopic (exact) mass is 314 g/mol. The lowest BCUT2D eigenvalue weighted by atomic mass is 10.1. The lowest BCUT2D eigenvalue weighted by Crippen LogP contribution is -2.31. The van der Waals surface area contributed by atoms with Crippen molar-refractivity contribution in [2.45, 2.75) is 19.4 Å². The molecule has 0 fully saturated rings. The van der Waals surface area contributed by atoms with Crippen molar-refractivity contribution in [2.24, 2.45) is 0 Å². The number of ether oxygens (including phenoxy) is 1. The number of hydrogen-bond acceptors (Lipinski definition) is 3. The summed E-state index contributed by atoms with van der Waals surface area (Å²) in [5.74, 6) is -12.8. The number of carbonyl (C=O) groups excluding carboxylic acids is 1. The molecule has 0 saturated heterocycles. The minimum absolute atomic E-state index is 0.311. The predicted octanol–water partition coefficient (Wildman–Crippen LogP) is 1.61. The van der Waals surface area contributed by atoms with Gasteiger partial charge in [0.1, 0.15) is 22.7 Å². The molecule has 1 aromatic rings. The average molecular weight is 314 g/mol. The Morgan fingerprint density at radius 1 is 1.00 bits per heavy atom. The smallest absolute Gasteiger partial charge is 0.344 e. The summed E-state index contributed by atoms with van der Waals surface area (Å²) in [5.41, 5.74) is -2.53. The average Bonchev–Trinajstić information content (AvgIpc) is 2.41. The fraction of sp³-hybridized carbons (Fsp3) is 0.364. The van der Waals surface area contributed by atoms with E-state index in [-0.39, 0.29) is 0 Å². The molecule has 0 saturated carbocycles. The van der Waals surface area contributed by atoms with Gasteiger partial charge in [0.05, 0.1) is 5.60 Å². The maximum Gasteiger partial charge on any atom is 0.344 e. The van der Waals surface area contributed by atoms with Gasteiger partial charge < -0.3 is 9.16 Å². The Labute approximate surface area is 114 Å². The molecule has 0 aliphatic heterocycles. The first kappa shape index (κ1) is 16.6. The van der Waals surface area contributed by atoms with E-state index in [1.54, 1.807) is 0 Å². The molecule has 112 valence electrons. The van der Waals surface area contributed by atoms with Crippen molar-refractivity contribution in [3.8, 4) is 0 Å². The molecule has 9 heteroatoms. The second kappa shape index (κ2) is 5.88. The predicted molar refractivity (Wildman–Crippen MR) is 61.6 cm³/mol. The van der Waals surface area contributed by atoms with Crippen LogP contribution in [0.5, 0.6) is 0 Å². The van der Waals surface area contributed by atoms with E-state index in [1.807, 2.05) is 0 Å². The second-order valence-electron chi connectivity index (χ2n) is 4.48. The van der Waals surface area contributed by atoms with Gasteiger partial charge in [-0.05, 0) is 13.8 Å². The molecule has 20 heavy (non-hydrogen) atoms. The zero-order valence-corrected chi connectivity index (χ0v) is 12.8. The Kier molecular flexibility index (Phi) is 4.87. The zero-order chi connectivity index (χ0) is 15.7. The van der Waals surface area contributed by atoms with Crippen molar-refractivity contribution in [1.29, 1.82) is 0 Å². The molecular weight excluding hydrogens is 303 g/mol. The summed E-state index contributed by atoms with van der Waals surface area (Å²) in [4.78, 5) is 11.5. The summed E-state index contributed by atoms with van der Waals surface area (Å²) < 4.78 is 74.8. The SMILES string of the molecule is CC(C)(COC(=O)c1c(F)c(F)c(F)c(F)c1F)O[SiH3]. The van der Waals surface area contributed by atoms with Gasteiger partial charge in [-0.2, -0.15) is 0 Å². The Hall–Kier alpha value is -1.48. The molecule has 1 aromatic carbocycles. The summed E-state index contributed by atoms with van der Waals surface area (Å²) in [6, 6.07) is 0. The van der Waals surface area contributed by atoms with Crippen LogP contribution in [0.25, 0.3) is 0 Å². The van der Waals surface area contributed by atoms with E-state index in [0.717, 1.165) is 0 Å². The van der Waals surface area contributed by atoms with E-state index in [1.165, 1.54) is 13.8 Å². The quantitative estimate of drug-likeness (QED) is 0.278. The third-order valence-electron chi connectivity index (χ3n) is 2.52. The topological polar surface area (TPSA) is 35.5 Å². The molecule has 0 amide bonds. The summed E-state index contributed by atoms with van der Waals surface area (Å²) in [6.45, 7) is 2.67. The molecule has 0 aromatic heterocycles. The Morgan fingerprint density at radius 3 is 1.80 bits per heavy atom. The number of esters is 1. The van der Waals surface area contributed by atoms with Crippen molar-refractivity contribution >= 4 is 16.5 Å². The molecular formula is C11H11F5O3Si. The Balaban J connectivity index is 3.12. The first-order valence-corrected chi connectivity index (χ1v) is 6.17. The molecule has 0 spiro atoms. The van der Waals surface area contributed by atoms with Crippen LogP contribution in [0.2, 0.25) is 0 Å². The Morgan fingerprint density at radius 2 is 1.40 bits per heavy atom. The van der Waals surface area contributed by atoms with Crippen LogP contribution in [0, 0.1) is 29.1 Å². The van der Waals surface area contributed by atoms with Crippen LogP contribution >= 0.6 is 0 Å². The summed E-state index contributed by atoms with van der Waals surface area (Å²) in [5, 5.41) is 0. The van der Waals surface area contributed by atoms with Gasteiger partial charge in [0.2, 0.25) is 5.82 Å². The fourth-order valence-electron chi connectivity index (χ4n) is 1.15. The maximum atomic E-state index is 13.3. The van der Waals surface area contributed by atoms with Gasteiger partial charge in [-0.15, -0.1) is 0 Å². The first-order chi connectivity index (χ1) is 9.12. The van der Waals surface area contributed by atoms with Gasteiger partial charge >= 0.3 is 5.97 Å². The summed E-state index contributed by atoms with van der Waals surface area (Å²) >= 11 is 0. The van der Waals surface area contributed by atoms with E-state index >= 15 is 0 Å². The van der Waals surface area contributed by atoms with Gasteiger partial charge in [0.25, 0.3) is 0 Å². The Bertz CT molecular complexity index is 518. The zero-order valence-electron chi connectivity index (χ0n) is 10.8. The molecule has 0 bridgehead atoms. The van der Waals surface area contributed by atoms with E-state index < -0.39 is 52.8 Å². The van der Waals surface area contributed by atoms with Crippen molar-refractivity contribution in [3.05, 3.63) is 34.6 Å². The molecule has 0 aliphatic carbocycles. The molecule has 0 aliphatic rings. The number of rotatable bonds is 4. The van der Waals surface area contributed by atoms with E-state index in [0.29, 0.717) is 10.5 Å². The van der Waals surface area contributed by atoms with Crippen molar-refractivity contribution in [2.75, 3.05) is 6.61 Å². The normalized spacial score (nSPS) is 11.8. The molecule has 0 heterocycles. The second-order valence-corrected chi connectivity index (χ2v) is 4.89. The van der Waals surface area contributed by atoms with Gasteiger partial charge in [0.15, 0.2) is 23.3 Å². The lowest BCUT2D eigenvalue weighted by molar-refractivity contribution is 0.00540. The molecule has 3 nitrogen and oxygen atoms in total. The highest BCUT2D eigenvalue weighted by atomic mass is 28.2. The molecule has 0 unspecified atom stereocenters. The highest BCUT2D eigenvalue weighted by molar-refractivity contribution is 5.98. The third kappa shape index (κ3) is 3.15. The van der Waals surface area contributed by atoms with Crippen LogP contribution in [0.4, 0.5) is 22.0 Å². The van der Waals surface area contributed by atoms with Gasteiger partial charge in [-0.25, -0.2) is 26.7 Å². The van der Waals surface area contributed by atoms with Crippen molar-refractivity contribution in [3.63, 3.8) is 0 Å². The summed E-state index contributed by atoms with van der Waals surface area (Å²) in [7, 11) is 0.311. The highest BCUT2D eigenvalue weighted by Crippen LogP contribution is 2.24. The number of hydrogen-bond donors (Lipinski definition) is 0. The third-order valence-corrected chi connectivity index (χ3v) is 3.62. The van der Waals surface area contributed by atoms with Crippen LogP contribution in [-0.2, 0) is 9.16 Å². The van der Waals surface area contributed by atoms with Gasteiger partial charge in [0, 0.05) is 0 Å². The highest BCUT2D eigenvalue weighted by Gasteiger charge is 2.31.